The van der Waals surface area contributed by atoms with Gasteiger partial charge < -0.3 is 14.7 Å². The number of likely N-dealkylation sites (tertiary alicyclic amines) is 1. The van der Waals surface area contributed by atoms with Crippen LogP contribution in [0.15, 0.2) is 22.7 Å². The Morgan fingerprint density at radius 2 is 1.88 bits per heavy atom. The highest BCUT2D eigenvalue weighted by molar-refractivity contribution is 6.35. The van der Waals surface area contributed by atoms with E-state index in [0.29, 0.717) is 53.3 Å². The second-order valence-electron chi connectivity index (χ2n) is 6.18. The van der Waals surface area contributed by atoms with E-state index in [1.165, 1.54) is 0 Å². The van der Waals surface area contributed by atoms with Crippen molar-refractivity contribution in [2.24, 2.45) is 5.92 Å². The van der Waals surface area contributed by atoms with Crippen molar-refractivity contribution in [3.8, 4) is 0 Å². The molecule has 0 saturated carbocycles. The second-order valence-corrected chi connectivity index (χ2v) is 7.05. The predicted molar refractivity (Wildman–Crippen MR) is 96.0 cm³/mol. The molecule has 0 radical (unpaired) electrons. The van der Waals surface area contributed by atoms with Crippen molar-refractivity contribution >= 4 is 35.0 Å². The zero-order chi connectivity index (χ0) is 18.7. The van der Waals surface area contributed by atoms with Gasteiger partial charge in [-0.3, -0.25) is 9.59 Å². The summed E-state index contributed by atoms with van der Waals surface area (Å²) in [6, 6.07) is 4.78. The van der Waals surface area contributed by atoms with E-state index in [-0.39, 0.29) is 24.3 Å². The average Bonchev–Trinajstić information content (AvgIpc) is 3.03. The van der Waals surface area contributed by atoms with Gasteiger partial charge in [0, 0.05) is 34.6 Å². The van der Waals surface area contributed by atoms with E-state index in [1.54, 1.807) is 30.0 Å². The maximum Gasteiger partial charge on any atom is 0.253 e. The molecule has 2 aromatic rings. The molecule has 1 aliphatic rings. The number of piperidine rings is 1. The van der Waals surface area contributed by atoms with Crippen LogP contribution in [0, 0.1) is 12.8 Å². The van der Waals surface area contributed by atoms with Crippen molar-refractivity contribution in [1.82, 2.24) is 20.4 Å². The van der Waals surface area contributed by atoms with Gasteiger partial charge in [0.1, 0.15) is 0 Å². The molecule has 138 valence electrons. The molecular formula is C17H18Cl2N4O3. The highest BCUT2D eigenvalue weighted by atomic mass is 35.5. The Morgan fingerprint density at radius 1 is 1.23 bits per heavy atom. The van der Waals surface area contributed by atoms with E-state index in [2.05, 4.69) is 15.5 Å². The van der Waals surface area contributed by atoms with E-state index in [0.717, 1.165) is 0 Å². The van der Waals surface area contributed by atoms with Gasteiger partial charge in [-0.05, 0) is 38.0 Å². The van der Waals surface area contributed by atoms with Crippen LogP contribution in [0.5, 0.6) is 0 Å². The Labute approximate surface area is 160 Å². The molecule has 2 heterocycles. The van der Waals surface area contributed by atoms with E-state index in [4.69, 9.17) is 27.7 Å². The standard InChI is InChI=1S/C17H18Cl2N4O3/c1-10-21-15(26-22-10)9-20-16(24)11-2-4-23(5-3-11)17(25)12-6-13(18)8-14(19)7-12/h6-8,11H,2-5,9H2,1H3,(H,20,24). The zero-order valence-corrected chi connectivity index (χ0v) is 15.7. The van der Waals surface area contributed by atoms with Crippen molar-refractivity contribution in [3.05, 3.63) is 45.5 Å². The van der Waals surface area contributed by atoms with E-state index in [1.807, 2.05) is 0 Å². The van der Waals surface area contributed by atoms with Crippen LogP contribution in [0.25, 0.3) is 0 Å². The zero-order valence-electron chi connectivity index (χ0n) is 14.2. The van der Waals surface area contributed by atoms with Crippen molar-refractivity contribution in [3.63, 3.8) is 0 Å². The molecule has 26 heavy (non-hydrogen) atoms. The number of carbonyl (C=O) groups is 2. The summed E-state index contributed by atoms with van der Waals surface area (Å²) >= 11 is 11.9. The number of aryl methyl sites for hydroxylation is 1. The van der Waals surface area contributed by atoms with Crippen molar-refractivity contribution in [2.75, 3.05) is 13.1 Å². The van der Waals surface area contributed by atoms with Crippen molar-refractivity contribution in [2.45, 2.75) is 26.3 Å². The lowest BCUT2D eigenvalue weighted by atomic mass is 9.95. The first-order chi connectivity index (χ1) is 12.4. The minimum absolute atomic E-state index is 0.0706. The lowest BCUT2D eigenvalue weighted by Crippen LogP contribution is -2.43. The number of amides is 2. The van der Waals surface area contributed by atoms with Crippen molar-refractivity contribution < 1.29 is 14.1 Å². The molecule has 0 atom stereocenters. The molecule has 1 aromatic carbocycles. The fourth-order valence-corrected chi connectivity index (χ4v) is 3.45. The van der Waals surface area contributed by atoms with Crippen LogP contribution in [0.1, 0.15) is 34.9 Å². The molecule has 1 aromatic heterocycles. The fraction of sp³-hybridized carbons (Fsp3) is 0.412. The Balaban J connectivity index is 1.51. The van der Waals surface area contributed by atoms with Gasteiger partial charge in [-0.15, -0.1) is 0 Å². The molecule has 1 saturated heterocycles. The molecule has 7 nitrogen and oxygen atoms in total. The highest BCUT2D eigenvalue weighted by Crippen LogP contribution is 2.23. The molecule has 1 aliphatic heterocycles. The molecule has 0 bridgehead atoms. The third-order valence-corrected chi connectivity index (χ3v) is 4.68. The minimum Gasteiger partial charge on any atom is -0.347 e. The number of rotatable bonds is 4. The summed E-state index contributed by atoms with van der Waals surface area (Å²) in [6.07, 6.45) is 1.18. The summed E-state index contributed by atoms with van der Waals surface area (Å²) in [4.78, 5) is 30.6. The first kappa shape index (κ1) is 18.7. The third kappa shape index (κ3) is 4.53. The van der Waals surface area contributed by atoms with E-state index < -0.39 is 0 Å². The van der Waals surface area contributed by atoms with Gasteiger partial charge in [0.2, 0.25) is 11.8 Å². The van der Waals surface area contributed by atoms with Crippen LogP contribution < -0.4 is 5.32 Å². The number of hydrogen-bond acceptors (Lipinski definition) is 5. The Kier molecular flexibility index (Phi) is 5.78. The predicted octanol–water partition coefficient (Wildman–Crippen LogP) is 2.85. The summed E-state index contributed by atoms with van der Waals surface area (Å²) in [5.74, 6) is 0.558. The van der Waals surface area contributed by atoms with Crippen LogP contribution in [0.4, 0.5) is 0 Å². The maximum atomic E-state index is 12.6. The number of benzene rings is 1. The second kappa shape index (κ2) is 8.05. The van der Waals surface area contributed by atoms with Crippen LogP contribution in [-0.4, -0.2) is 39.9 Å². The van der Waals surface area contributed by atoms with Gasteiger partial charge in [0.15, 0.2) is 5.82 Å². The Bertz CT molecular complexity index is 796. The first-order valence-electron chi connectivity index (χ1n) is 8.24. The topological polar surface area (TPSA) is 88.3 Å². The molecule has 1 fully saturated rings. The van der Waals surface area contributed by atoms with Crippen LogP contribution in [0.3, 0.4) is 0 Å². The SMILES string of the molecule is Cc1noc(CNC(=O)C2CCN(C(=O)c3cc(Cl)cc(Cl)c3)CC2)n1. The lowest BCUT2D eigenvalue weighted by molar-refractivity contribution is -0.126. The minimum atomic E-state index is -0.147. The summed E-state index contributed by atoms with van der Waals surface area (Å²) in [6.45, 7) is 2.93. The monoisotopic (exact) mass is 396 g/mol. The van der Waals surface area contributed by atoms with Crippen LogP contribution in [-0.2, 0) is 11.3 Å². The summed E-state index contributed by atoms with van der Waals surface area (Å²) < 4.78 is 4.97. The third-order valence-electron chi connectivity index (χ3n) is 4.25. The number of halogens is 2. The highest BCUT2D eigenvalue weighted by Gasteiger charge is 2.28. The smallest absolute Gasteiger partial charge is 0.253 e. The van der Waals surface area contributed by atoms with Gasteiger partial charge in [-0.25, -0.2) is 0 Å². The molecule has 0 unspecified atom stereocenters. The number of carbonyl (C=O) groups excluding carboxylic acids is 2. The lowest BCUT2D eigenvalue weighted by Gasteiger charge is -2.31. The van der Waals surface area contributed by atoms with Crippen LogP contribution >= 0.6 is 23.2 Å². The normalized spacial score (nSPS) is 15.1. The molecule has 0 spiro atoms. The fourth-order valence-electron chi connectivity index (χ4n) is 2.92. The van der Waals surface area contributed by atoms with Gasteiger partial charge >= 0.3 is 0 Å². The molecule has 0 aliphatic carbocycles. The van der Waals surface area contributed by atoms with E-state index in [9.17, 15) is 9.59 Å². The Hall–Kier alpha value is -2.12. The maximum absolute atomic E-state index is 12.6. The van der Waals surface area contributed by atoms with Gasteiger partial charge in [0.25, 0.3) is 5.91 Å². The summed E-state index contributed by atoms with van der Waals surface area (Å²) in [5, 5.41) is 7.32. The molecule has 3 rings (SSSR count). The van der Waals surface area contributed by atoms with Crippen molar-refractivity contribution in [1.29, 1.82) is 0 Å². The largest absolute Gasteiger partial charge is 0.347 e. The summed E-state index contributed by atoms with van der Waals surface area (Å²) in [7, 11) is 0. The quantitative estimate of drug-likeness (QED) is 0.857. The Morgan fingerprint density at radius 3 is 2.46 bits per heavy atom. The van der Waals surface area contributed by atoms with Gasteiger partial charge in [0.05, 0.1) is 6.54 Å². The number of nitrogens with zero attached hydrogens (tertiary/aromatic N) is 3. The molecule has 1 N–H and O–H groups in total. The number of nitrogens with one attached hydrogen (secondary N) is 1. The number of hydrogen-bond donors (Lipinski definition) is 1. The molecule has 9 heteroatoms. The first-order valence-corrected chi connectivity index (χ1v) is 9.00. The van der Waals surface area contributed by atoms with Gasteiger partial charge in [-0.1, -0.05) is 28.4 Å². The molecule has 2 amide bonds. The summed E-state index contributed by atoms with van der Waals surface area (Å²) in [5.41, 5.74) is 0.456. The van der Waals surface area contributed by atoms with Crippen LogP contribution in [0.2, 0.25) is 10.0 Å². The average molecular weight is 397 g/mol. The van der Waals surface area contributed by atoms with Gasteiger partial charge in [-0.2, -0.15) is 4.98 Å². The number of aromatic nitrogens is 2. The van der Waals surface area contributed by atoms with E-state index >= 15 is 0 Å². The molecular weight excluding hydrogens is 379 g/mol.